The number of nitrogens with zero attached hydrogens (tertiary/aromatic N) is 1. The molecule has 1 aromatic heterocycles. The number of fused-ring (bicyclic) bond motifs is 1. The van der Waals surface area contributed by atoms with Crippen LogP contribution in [-0.4, -0.2) is 40.0 Å². The number of ether oxygens (including phenoxy) is 2. The molecule has 0 unspecified atom stereocenters. The average molecular weight is 444 g/mol. The molecule has 1 saturated heterocycles. The molecule has 5 rings (SSSR count). The van der Waals surface area contributed by atoms with E-state index in [1.807, 2.05) is 0 Å². The molecule has 0 bridgehead atoms. The predicted octanol–water partition coefficient (Wildman–Crippen LogP) is 4.58. The van der Waals surface area contributed by atoms with E-state index in [1.54, 1.807) is 5.38 Å². The van der Waals surface area contributed by atoms with Gasteiger partial charge in [-0.1, -0.05) is 13.0 Å². The molecule has 0 spiro atoms. The Labute approximate surface area is 186 Å². The van der Waals surface area contributed by atoms with Crippen molar-refractivity contribution in [3.05, 3.63) is 45.4 Å². The summed E-state index contributed by atoms with van der Waals surface area (Å²) in [5.74, 6) is 0.876. The van der Waals surface area contributed by atoms with Crippen LogP contribution in [0.2, 0.25) is 0 Å². The van der Waals surface area contributed by atoms with Gasteiger partial charge in [0.2, 0.25) is 0 Å². The minimum atomic E-state index is -1.01. The van der Waals surface area contributed by atoms with Crippen LogP contribution in [0.15, 0.2) is 23.6 Å². The third-order valence-corrected chi connectivity index (χ3v) is 8.01. The van der Waals surface area contributed by atoms with E-state index in [0.29, 0.717) is 24.0 Å². The summed E-state index contributed by atoms with van der Waals surface area (Å²) >= 11 is 1.34. The Hall–Kier alpha value is -1.96. The first-order chi connectivity index (χ1) is 15.0. The molecule has 2 aromatic rings. The highest BCUT2D eigenvalue weighted by atomic mass is 32.1. The minimum Gasteiger partial charge on any atom is -0.493 e. The maximum absolute atomic E-state index is 11.1. The van der Waals surface area contributed by atoms with Gasteiger partial charge in [0, 0.05) is 17.7 Å². The number of aliphatic hydroxyl groups is 1. The lowest BCUT2D eigenvalue weighted by Gasteiger charge is -2.33. The SMILES string of the molecule is CCc1ccc(OC[C@@H]2[C@H]3CC[C@H](c4nc(C(=O)O)cs4)O[C@H]3C[C@@H]2O)cc1C1CC1. The average Bonchev–Trinajstić information content (AvgIpc) is 3.40. The summed E-state index contributed by atoms with van der Waals surface area (Å²) in [5, 5.41) is 22.1. The van der Waals surface area contributed by atoms with Crippen LogP contribution in [-0.2, 0) is 11.2 Å². The normalized spacial score (nSPS) is 30.2. The van der Waals surface area contributed by atoms with Gasteiger partial charge in [0.05, 0.1) is 18.8 Å². The van der Waals surface area contributed by atoms with Crippen molar-refractivity contribution < 1.29 is 24.5 Å². The van der Waals surface area contributed by atoms with Crippen molar-refractivity contribution >= 4 is 17.3 Å². The van der Waals surface area contributed by atoms with Crippen molar-refractivity contribution in [3.63, 3.8) is 0 Å². The lowest BCUT2D eigenvalue weighted by atomic mass is 9.87. The first-order valence-electron chi connectivity index (χ1n) is 11.3. The second-order valence-electron chi connectivity index (χ2n) is 9.05. The van der Waals surface area contributed by atoms with E-state index in [-0.39, 0.29) is 29.7 Å². The minimum absolute atomic E-state index is 0.0379. The van der Waals surface area contributed by atoms with Gasteiger partial charge in [-0.3, -0.25) is 0 Å². The highest BCUT2D eigenvalue weighted by molar-refractivity contribution is 7.09. The summed E-state index contributed by atoms with van der Waals surface area (Å²) in [5.41, 5.74) is 2.91. The second kappa shape index (κ2) is 8.52. The Kier molecular flexibility index (Phi) is 5.75. The van der Waals surface area contributed by atoms with Gasteiger partial charge in [0.1, 0.15) is 16.9 Å². The highest BCUT2D eigenvalue weighted by Gasteiger charge is 2.47. The molecule has 3 fully saturated rings. The number of benzene rings is 1. The van der Waals surface area contributed by atoms with Crippen molar-refractivity contribution in [2.24, 2.45) is 11.8 Å². The van der Waals surface area contributed by atoms with Crippen LogP contribution in [0.5, 0.6) is 5.75 Å². The standard InChI is InChI=1S/C24H29NO5S/c1-2-13-5-6-15(9-17(13)14-3-4-14)29-11-18-16-7-8-21(30-22(16)10-20(18)26)23-25-19(12-31-23)24(27)28/h5-6,9,12,14,16,18,20-22,26H,2-4,7-8,10-11H2,1H3,(H,27,28)/t16-,18-,20+,21-,22+/m1/s1. The maximum atomic E-state index is 11.1. The first kappa shape index (κ1) is 20.9. The third kappa shape index (κ3) is 4.23. The predicted molar refractivity (Wildman–Crippen MR) is 117 cm³/mol. The van der Waals surface area contributed by atoms with Gasteiger partial charge in [-0.15, -0.1) is 11.3 Å². The van der Waals surface area contributed by atoms with E-state index in [2.05, 4.69) is 30.1 Å². The number of carboxylic acids is 1. The molecule has 0 amide bonds. The van der Waals surface area contributed by atoms with Gasteiger partial charge in [-0.25, -0.2) is 9.78 Å². The van der Waals surface area contributed by atoms with Crippen LogP contribution in [0.4, 0.5) is 0 Å². The van der Waals surface area contributed by atoms with E-state index in [4.69, 9.17) is 14.6 Å². The topological polar surface area (TPSA) is 88.9 Å². The first-order valence-corrected chi connectivity index (χ1v) is 12.2. The molecule has 31 heavy (non-hydrogen) atoms. The number of thiazole rings is 1. The Morgan fingerprint density at radius 3 is 2.84 bits per heavy atom. The van der Waals surface area contributed by atoms with Crippen molar-refractivity contribution in [2.75, 3.05) is 6.61 Å². The molecule has 0 radical (unpaired) electrons. The fraction of sp³-hybridized carbons (Fsp3) is 0.583. The van der Waals surface area contributed by atoms with Gasteiger partial charge in [0.25, 0.3) is 0 Å². The summed E-state index contributed by atoms with van der Waals surface area (Å²) in [6.07, 6.45) is 5.21. The lowest BCUT2D eigenvalue weighted by Crippen LogP contribution is -2.33. The van der Waals surface area contributed by atoms with Gasteiger partial charge in [0.15, 0.2) is 5.69 Å². The number of hydrogen-bond acceptors (Lipinski definition) is 6. The van der Waals surface area contributed by atoms with Crippen molar-refractivity contribution in [3.8, 4) is 5.75 Å². The molecule has 166 valence electrons. The smallest absolute Gasteiger partial charge is 0.355 e. The number of carbonyl (C=O) groups is 1. The summed E-state index contributed by atoms with van der Waals surface area (Å²) in [6, 6.07) is 6.44. The van der Waals surface area contributed by atoms with Crippen LogP contribution < -0.4 is 4.74 Å². The molecule has 2 N–H and O–H groups in total. The Bertz CT molecular complexity index is 955. The molecule has 3 aliphatic rings. The zero-order chi connectivity index (χ0) is 21.5. The molecule has 1 aliphatic heterocycles. The fourth-order valence-electron chi connectivity index (χ4n) is 5.23. The maximum Gasteiger partial charge on any atom is 0.355 e. The molecule has 2 aliphatic carbocycles. The van der Waals surface area contributed by atoms with E-state index in [1.165, 1.54) is 35.3 Å². The zero-order valence-electron chi connectivity index (χ0n) is 17.7. The molecular weight excluding hydrogens is 414 g/mol. The molecule has 2 heterocycles. The zero-order valence-corrected chi connectivity index (χ0v) is 18.5. The Balaban J connectivity index is 1.22. The summed E-state index contributed by atoms with van der Waals surface area (Å²) in [6.45, 7) is 2.69. The van der Waals surface area contributed by atoms with Crippen LogP contribution in [0.3, 0.4) is 0 Å². The van der Waals surface area contributed by atoms with Crippen molar-refractivity contribution in [1.82, 2.24) is 4.98 Å². The van der Waals surface area contributed by atoms with Gasteiger partial charge >= 0.3 is 5.97 Å². The lowest BCUT2D eigenvalue weighted by molar-refractivity contribution is -0.0811. The van der Waals surface area contributed by atoms with Gasteiger partial charge < -0.3 is 19.7 Å². The van der Waals surface area contributed by atoms with Gasteiger partial charge in [-0.2, -0.15) is 0 Å². The van der Waals surface area contributed by atoms with Crippen LogP contribution in [0.25, 0.3) is 0 Å². The second-order valence-corrected chi connectivity index (χ2v) is 9.94. The fourth-order valence-corrected chi connectivity index (χ4v) is 6.09. The quantitative estimate of drug-likeness (QED) is 0.651. The van der Waals surface area contributed by atoms with Crippen molar-refractivity contribution in [2.45, 2.75) is 69.7 Å². The van der Waals surface area contributed by atoms with E-state index in [0.717, 1.165) is 25.0 Å². The van der Waals surface area contributed by atoms with Crippen LogP contribution in [0, 0.1) is 11.8 Å². The number of aromatic nitrogens is 1. The Morgan fingerprint density at radius 2 is 2.13 bits per heavy atom. The van der Waals surface area contributed by atoms with Crippen LogP contribution in [0.1, 0.15) is 77.7 Å². The highest BCUT2D eigenvalue weighted by Crippen LogP contribution is 2.47. The largest absolute Gasteiger partial charge is 0.493 e. The van der Waals surface area contributed by atoms with E-state index in [9.17, 15) is 9.90 Å². The van der Waals surface area contributed by atoms with Crippen LogP contribution >= 0.6 is 11.3 Å². The summed E-state index contributed by atoms with van der Waals surface area (Å²) < 4.78 is 12.4. The van der Waals surface area contributed by atoms with Gasteiger partial charge in [-0.05, 0) is 67.2 Å². The monoisotopic (exact) mass is 443 g/mol. The summed E-state index contributed by atoms with van der Waals surface area (Å²) in [7, 11) is 0. The molecule has 2 saturated carbocycles. The molecule has 5 atom stereocenters. The number of carboxylic acid groups (broad SMARTS) is 1. The third-order valence-electron chi connectivity index (χ3n) is 7.07. The van der Waals surface area contributed by atoms with E-state index >= 15 is 0 Å². The Morgan fingerprint density at radius 1 is 1.29 bits per heavy atom. The molecule has 6 nitrogen and oxygen atoms in total. The molecule has 7 heteroatoms. The summed E-state index contributed by atoms with van der Waals surface area (Å²) in [4.78, 5) is 15.3. The number of rotatable bonds is 7. The van der Waals surface area contributed by atoms with E-state index < -0.39 is 12.1 Å². The molecular formula is C24H29NO5S. The van der Waals surface area contributed by atoms with Crippen molar-refractivity contribution in [1.29, 1.82) is 0 Å². The number of hydrogen-bond donors (Lipinski definition) is 2. The number of aliphatic hydroxyl groups excluding tert-OH is 1. The molecule has 1 aromatic carbocycles. The number of aromatic carboxylic acids is 1. The number of aryl methyl sites for hydroxylation is 1.